The summed E-state index contributed by atoms with van der Waals surface area (Å²) >= 11 is 0. The number of nitrogens with zero attached hydrogens (tertiary/aromatic N) is 1. The lowest BCUT2D eigenvalue weighted by molar-refractivity contribution is -0.424. The molecule has 1 aliphatic carbocycles. The Labute approximate surface area is 156 Å². The fourth-order valence-electron chi connectivity index (χ4n) is 2.83. The smallest absolute Gasteiger partial charge is 0.294 e. The van der Waals surface area contributed by atoms with Crippen LogP contribution in [-0.2, 0) is 6.42 Å². The Kier molecular flexibility index (Phi) is 6.70. The minimum absolute atomic E-state index is 0.0371. The zero-order valence-corrected chi connectivity index (χ0v) is 16.8. The Hall–Kier alpha value is -2.45. The highest BCUT2D eigenvalue weighted by atomic mass is 31.1. The lowest BCUT2D eigenvalue weighted by Gasteiger charge is -2.08. The van der Waals surface area contributed by atoms with E-state index in [4.69, 9.17) is 9.47 Å². The van der Waals surface area contributed by atoms with Crippen molar-refractivity contribution in [3.63, 3.8) is 0 Å². The average Bonchev–Trinajstić information content (AvgIpc) is 2.91. The second kappa shape index (κ2) is 8.77. The van der Waals surface area contributed by atoms with Gasteiger partial charge in [0.1, 0.15) is 13.4 Å². The van der Waals surface area contributed by atoms with Gasteiger partial charge in [-0.2, -0.15) is 4.58 Å². The molecule has 1 atom stereocenters. The van der Waals surface area contributed by atoms with Gasteiger partial charge in [-0.1, -0.05) is 6.08 Å². The molecule has 0 bridgehead atoms. The number of ketones is 1. The van der Waals surface area contributed by atoms with E-state index in [1.54, 1.807) is 20.3 Å². The van der Waals surface area contributed by atoms with E-state index in [-0.39, 0.29) is 13.3 Å². The maximum absolute atomic E-state index is 12.8. The summed E-state index contributed by atoms with van der Waals surface area (Å²) < 4.78 is 12.5. The summed E-state index contributed by atoms with van der Waals surface area (Å²) in [7, 11) is 2.88. The minimum atomic E-state index is -0.287. The number of allylic oxidation sites excluding steroid dienone is 5. The third-order valence-corrected chi connectivity index (χ3v) is 4.95. The van der Waals surface area contributed by atoms with Gasteiger partial charge in [0.15, 0.2) is 31.0 Å². The third-order valence-electron chi connectivity index (χ3n) is 4.10. The van der Waals surface area contributed by atoms with E-state index in [1.807, 2.05) is 42.0 Å². The van der Waals surface area contributed by atoms with E-state index in [1.165, 1.54) is 0 Å². The van der Waals surface area contributed by atoms with Gasteiger partial charge in [-0.15, -0.1) is 0 Å². The first-order chi connectivity index (χ1) is 12.4. The second-order valence-corrected chi connectivity index (χ2v) is 8.23. The first-order valence-corrected chi connectivity index (χ1v) is 10.5. The summed E-state index contributed by atoms with van der Waals surface area (Å²) in [6.45, 7) is 8.05. The van der Waals surface area contributed by atoms with Crippen LogP contribution in [0.5, 0.6) is 11.5 Å². The number of rotatable bonds is 7. The first kappa shape index (κ1) is 19.9. The summed E-state index contributed by atoms with van der Waals surface area (Å²) in [4.78, 5) is 12.8. The highest BCUT2D eigenvalue weighted by molar-refractivity contribution is 7.54. The molecular formula is C21H26NO3P+2. The van der Waals surface area contributed by atoms with Crippen molar-refractivity contribution in [2.75, 3.05) is 27.2 Å². The van der Waals surface area contributed by atoms with Gasteiger partial charge in [-0.05, 0) is 36.3 Å². The number of carbonyl (C=O) groups is 1. The molecule has 0 radical (unpaired) electrons. The molecule has 0 saturated carbocycles. The molecule has 0 aliphatic heterocycles. The molecule has 136 valence electrons. The Morgan fingerprint density at radius 1 is 1.31 bits per heavy atom. The van der Waals surface area contributed by atoms with Crippen molar-refractivity contribution in [3.8, 4) is 11.5 Å². The van der Waals surface area contributed by atoms with Crippen LogP contribution in [0.4, 0.5) is 0 Å². The van der Waals surface area contributed by atoms with Gasteiger partial charge in [-0.3, -0.25) is 4.79 Å². The summed E-state index contributed by atoms with van der Waals surface area (Å²) in [6, 6.07) is 3.64. The van der Waals surface area contributed by atoms with E-state index >= 15 is 0 Å². The van der Waals surface area contributed by atoms with E-state index < -0.39 is 0 Å². The largest absolute Gasteiger partial charge is 0.493 e. The van der Waals surface area contributed by atoms with Gasteiger partial charge in [0.05, 0.1) is 20.5 Å². The van der Waals surface area contributed by atoms with Gasteiger partial charge in [0.2, 0.25) is 0 Å². The van der Waals surface area contributed by atoms with Crippen molar-refractivity contribution in [1.29, 1.82) is 0 Å². The quantitative estimate of drug-likeness (QED) is 0.239. The van der Waals surface area contributed by atoms with Crippen LogP contribution in [0.15, 0.2) is 47.7 Å². The molecule has 2 rings (SSSR count). The van der Waals surface area contributed by atoms with Crippen LogP contribution in [0, 0.1) is 0 Å². The number of benzene rings is 1. The Balaban J connectivity index is 2.26. The lowest BCUT2D eigenvalue weighted by atomic mass is 10.1. The van der Waals surface area contributed by atoms with Crippen molar-refractivity contribution in [2.45, 2.75) is 13.3 Å². The van der Waals surface area contributed by atoms with Crippen molar-refractivity contribution < 1.29 is 18.8 Å². The summed E-state index contributed by atoms with van der Waals surface area (Å²) in [5.74, 6) is 1.25. The predicted molar refractivity (Wildman–Crippen MR) is 111 cm³/mol. The van der Waals surface area contributed by atoms with Crippen molar-refractivity contribution in [1.82, 2.24) is 0 Å². The summed E-state index contributed by atoms with van der Waals surface area (Å²) in [5, 5.41) is 0. The topological polar surface area (TPSA) is 38.5 Å². The number of ether oxygens (including phenoxy) is 2. The number of methoxy groups -OCH3 is 2. The van der Waals surface area contributed by atoms with Gasteiger partial charge >= 0.3 is 0 Å². The zero-order chi connectivity index (χ0) is 19.3. The van der Waals surface area contributed by atoms with Crippen molar-refractivity contribution >= 4 is 26.3 Å². The maximum Gasteiger partial charge on any atom is 0.294 e. The SMILES string of the molecule is C=[N+](C=CC(=CC)C=C1Cc2cc(OC)c(OC)cc2C1=O)C[P+](=C)C. The second-order valence-electron chi connectivity index (χ2n) is 6.23. The fourth-order valence-corrected chi connectivity index (χ4v) is 3.55. The van der Waals surface area contributed by atoms with Crippen LogP contribution < -0.4 is 9.47 Å². The molecule has 0 spiro atoms. The average molecular weight is 371 g/mol. The summed E-state index contributed by atoms with van der Waals surface area (Å²) in [6.07, 6.45) is 13.3. The monoisotopic (exact) mass is 371 g/mol. The number of hydrogen-bond donors (Lipinski definition) is 0. The maximum atomic E-state index is 12.8. The molecular weight excluding hydrogens is 345 g/mol. The van der Waals surface area contributed by atoms with Crippen LogP contribution >= 0.6 is 7.55 Å². The molecule has 1 aromatic carbocycles. The molecule has 0 heterocycles. The van der Waals surface area contributed by atoms with Gasteiger partial charge in [-0.25, -0.2) is 0 Å². The van der Waals surface area contributed by atoms with Crippen LogP contribution in [0.3, 0.4) is 0 Å². The Morgan fingerprint density at radius 3 is 2.54 bits per heavy atom. The van der Waals surface area contributed by atoms with Crippen LogP contribution in [0.2, 0.25) is 0 Å². The number of fused-ring (bicyclic) bond motifs is 1. The third kappa shape index (κ3) is 4.59. The van der Waals surface area contributed by atoms with Gasteiger partial charge in [0.25, 0.3) is 6.29 Å². The van der Waals surface area contributed by atoms with Gasteiger partial charge < -0.3 is 9.47 Å². The zero-order valence-electron chi connectivity index (χ0n) is 15.9. The standard InChI is InChI=1S/C21H26NO3P/c1-7-15(8-9-22(2)14-26(5)6)10-17-11-16-12-19(24-3)20(25-4)13-18(16)21(17)23/h7-10,12-13H,2,5,11,14H2,1,3-4,6H3/q+2. The molecule has 0 N–H and O–H groups in total. The van der Waals surface area contributed by atoms with Crippen LogP contribution in [0.25, 0.3) is 0 Å². The highest BCUT2D eigenvalue weighted by Gasteiger charge is 2.27. The molecule has 1 aliphatic rings. The highest BCUT2D eigenvalue weighted by Crippen LogP contribution is 2.36. The lowest BCUT2D eigenvalue weighted by Crippen LogP contribution is -1.99. The molecule has 0 amide bonds. The van der Waals surface area contributed by atoms with Crippen molar-refractivity contribution in [3.05, 3.63) is 58.8 Å². The van der Waals surface area contributed by atoms with Crippen LogP contribution in [0.1, 0.15) is 22.8 Å². The normalized spacial score (nSPS) is 16.2. The predicted octanol–water partition coefficient (Wildman–Crippen LogP) is 4.04. The van der Waals surface area contributed by atoms with E-state index in [2.05, 4.69) is 19.7 Å². The Bertz CT molecular complexity index is 847. The van der Waals surface area contributed by atoms with E-state index in [0.717, 1.165) is 23.0 Å². The Morgan fingerprint density at radius 2 is 1.96 bits per heavy atom. The number of Topliss-reactive ketones (excluding diaryl/α,β-unsaturated/α-hetero) is 1. The molecule has 4 nitrogen and oxygen atoms in total. The van der Waals surface area contributed by atoms with Crippen molar-refractivity contribution in [2.24, 2.45) is 0 Å². The number of carbonyl (C=O) groups excluding carboxylic acids is 1. The minimum Gasteiger partial charge on any atom is -0.493 e. The van der Waals surface area contributed by atoms with E-state index in [0.29, 0.717) is 23.5 Å². The molecule has 1 unspecified atom stereocenters. The number of hydrogen-bond acceptors (Lipinski definition) is 3. The molecule has 1 aromatic rings. The van der Waals surface area contributed by atoms with E-state index in [9.17, 15) is 4.79 Å². The molecule has 5 heteroatoms. The molecule has 0 saturated heterocycles. The fraction of sp³-hybridized carbons (Fsp3) is 0.286. The summed E-state index contributed by atoms with van der Waals surface area (Å²) in [5.41, 5.74) is 3.38. The first-order valence-electron chi connectivity index (χ1n) is 8.33. The molecule has 0 fully saturated rings. The molecule has 26 heavy (non-hydrogen) atoms. The van der Waals surface area contributed by atoms with Gasteiger partial charge in [0, 0.05) is 23.6 Å². The van der Waals surface area contributed by atoms with Crippen LogP contribution in [-0.4, -0.2) is 50.5 Å². The molecule has 0 aromatic heterocycles.